The molecule has 3 heterocycles. The van der Waals surface area contributed by atoms with Crippen LogP contribution in [-0.4, -0.2) is 59.4 Å². The van der Waals surface area contributed by atoms with Crippen LogP contribution in [0.3, 0.4) is 0 Å². The maximum atomic E-state index is 13.0. The lowest BCUT2D eigenvalue weighted by Crippen LogP contribution is -2.26. The van der Waals surface area contributed by atoms with Gasteiger partial charge in [-0.05, 0) is 35.4 Å². The Bertz CT molecular complexity index is 1400. The smallest absolute Gasteiger partial charge is 0.231 e. The predicted octanol–water partition coefficient (Wildman–Crippen LogP) is 4.19. The van der Waals surface area contributed by atoms with E-state index in [0.29, 0.717) is 71.3 Å². The summed E-state index contributed by atoms with van der Waals surface area (Å²) in [6, 6.07) is 9.19. The molecule has 0 saturated carbocycles. The second-order valence-electron chi connectivity index (χ2n) is 9.43. The second kappa shape index (κ2) is 10.6. The number of hydrogen-bond acceptors (Lipinski definition) is 10. The predicted molar refractivity (Wildman–Crippen MR) is 144 cm³/mol. The van der Waals surface area contributed by atoms with E-state index in [-0.39, 0.29) is 25.9 Å². The Morgan fingerprint density at radius 2 is 1.25 bits per heavy atom. The van der Waals surface area contributed by atoms with Crippen LogP contribution in [-0.2, 0) is 17.9 Å². The van der Waals surface area contributed by atoms with Crippen molar-refractivity contribution in [2.45, 2.75) is 19.5 Å². The maximum Gasteiger partial charge on any atom is 0.231 e. The van der Waals surface area contributed by atoms with Crippen molar-refractivity contribution in [2.75, 3.05) is 53.9 Å². The van der Waals surface area contributed by atoms with Gasteiger partial charge in [0.05, 0.1) is 28.4 Å². The van der Waals surface area contributed by atoms with Crippen molar-refractivity contribution < 1.29 is 42.7 Å². The molecule has 0 atom stereocenters. The molecule has 11 nitrogen and oxygen atoms in total. The van der Waals surface area contributed by atoms with Crippen LogP contribution in [0.4, 0.5) is 5.69 Å². The summed E-state index contributed by atoms with van der Waals surface area (Å²) in [7, 11) is 6.33. The first-order valence-corrected chi connectivity index (χ1v) is 12.8. The molecule has 0 saturated heterocycles. The SMILES string of the molecule is COc1ccc(NC(=O)CCN2Cc3cc(OC)c4c(c3-c3c(cc(OC)c5c3OCO5)C2)OCO4)cc1OC. The Labute approximate surface area is 231 Å². The van der Waals surface area contributed by atoms with Crippen molar-refractivity contribution >= 4 is 11.6 Å². The van der Waals surface area contributed by atoms with E-state index in [0.717, 1.165) is 22.3 Å². The number of anilines is 1. The highest BCUT2D eigenvalue weighted by molar-refractivity contribution is 5.91. The number of carbonyl (C=O) groups is 1. The van der Waals surface area contributed by atoms with Crippen molar-refractivity contribution in [3.8, 4) is 57.1 Å². The van der Waals surface area contributed by atoms with E-state index in [1.165, 1.54) is 0 Å². The normalized spacial score (nSPS) is 14.6. The standard InChI is InChI=1S/C29H30N2O9/c1-33-19-6-5-18(11-20(19)34-2)30-23(32)7-8-31-12-16-9-21(35-3)26-28(39-14-37-26)24(16)25-17(13-31)10-22(36-4)27-29(25)40-15-38-27/h5-6,9-11H,7-8,12-15H2,1-4H3,(H,30,32). The van der Waals surface area contributed by atoms with Crippen molar-refractivity contribution in [1.29, 1.82) is 0 Å². The van der Waals surface area contributed by atoms with Crippen LogP contribution in [0.1, 0.15) is 17.5 Å². The lowest BCUT2D eigenvalue weighted by Gasteiger charge is -2.21. The van der Waals surface area contributed by atoms with Gasteiger partial charge in [-0.1, -0.05) is 0 Å². The summed E-state index contributed by atoms with van der Waals surface area (Å²) in [5.74, 6) is 4.50. The monoisotopic (exact) mass is 550 g/mol. The first-order chi connectivity index (χ1) is 19.5. The third-order valence-electron chi connectivity index (χ3n) is 7.18. The van der Waals surface area contributed by atoms with Crippen LogP contribution < -0.4 is 43.2 Å². The largest absolute Gasteiger partial charge is 0.493 e. The second-order valence-corrected chi connectivity index (χ2v) is 9.43. The van der Waals surface area contributed by atoms with Gasteiger partial charge in [0.1, 0.15) is 0 Å². The number of ether oxygens (including phenoxy) is 8. The molecule has 3 aromatic rings. The molecule has 0 spiro atoms. The Balaban J connectivity index is 1.32. The highest BCUT2D eigenvalue weighted by Gasteiger charge is 2.36. The molecule has 3 aliphatic heterocycles. The van der Waals surface area contributed by atoms with Crippen molar-refractivity contribution in [1.82, 2.24) is 4.90 Å². The lowest BCUT2D eigenvalue weighted by molar-refractivity contribution is -0.116. The van der Waals surface area contributed by atoms with Gasteiger partial charge in [0.25, 0.3) is 0 Å². The van der Waals surface area contributed by atoms with Crippen LogP contribution in [0.2, 0.25) is 0 Å². The minimum absolute atomic E-state index is 0.0905. The Morgan fingerprint density at radius 1 is 0.725 bits per heavy atom. The van der Waals surface area contributed by atoms with E-state index < -0.39 is 0 Å². The van der Waals surface area contributed by atoms with E-state index >= 15 is 0 Å². The number of benzene rings is 3. The summed E-state index contributed by atoms with van der Waals surface area (Å²) in [6.07, 6.45) is 0.266. The molecule has 210 valence electrons. The Kier molecular flexibility index (Phi) is 6.81. The molecule has 0 aliphatic carbocycles. The molecule has 3 aromatic carbocycles. The molecular formula is C29H30N2O9. The molecule has 0 fully saturated rings. The Morgan fingerprint density at radius 3 is 1.77 bits per heavy atom. The first-order valence-electron chi connectivity index (χ1n) is 12.8. The fraction of sp³-hybridized carbons (Fsp3) is 0.345. The molecule has 0 aromatic heterocycles. The van der Waals surface area contributed by atoms with Gasteiger partial charge in [-0.3, -0.25) is 9.69 Å². The average Bonchev–Trinajstić information content (AvgIpc) is 3.63. The number of nitrogens with one attached hydrogen (secondary N) is 1. The topological polar surface area (TPSA) is 106 Å². The van der Waals surface area contributed by atoms with Crippen LogP contribution >= 0.6 is 0 Å². The minimum Gasteiger partial charge on any atom is -0.493 e. The fourth-order valence-electron chi connectivity index (χ4n) is 5.37. The van der Waals surface area contributed by atoms with Gasteiger partial charge in [0.2, 0.25) is 31.0 Å². The third-order valence-corrected chi connectivity index (χ3v) is 7.18. The number of carbonyl (C=O) groups excluding carboxylic acids is 1. The highest BCUT2D eigenvalue weighted by atomic mass is 16.7. The van der Waals surface area contributed by atoms with Crippen LogP contribution in [0.25, 0.3) is 11.1 Å². The summed E-state index contributed by atoms with van der Waals surface area (Å²) >= 11 is 0. The molecule has 1 amide bonds. The molecule has 3 aliphatic rings. The Hall–Kier alpha value is -4.51. The van der Waals surface area contributed by atoms with E-state index in [2.05, 4.69) is 10.2 Å². The number of fused-ring (bicyclic) bond motifs is 7. The van der Waals surface area contributed by atoms with Crippen LogP contribution in [0.5, 0.6) is 46.0 Å². The lowest BCUT2D eigenvalue weighted by atomic mass is 9.93. The average molecular weight is 551 g/mol. The summed E-state index contributed by atoms with van der Waals surface area (Å²) < 4.78 is 45.4. The maximum absolute atomic E-state index is 13.0. The van der Waals surface area contributed by atoms with E-state index in [1.807, 2.05) is 12.1 Å². The van der Waals surface area contributed by atoms with Crippen molar-refractivity contribution in [3.63, 3.8) is 0 Å². The summed E-state index contributed by atoms with van der Waals surface area (Å²) in [5.41, 5.74) is 4.28. The number of methoxy groups -OCH3 is 4. The van der Waals surface area contributed by atoms with Crippen molar-refractivity contribution in [3.05, 3.63) is 41.5 Å². The van der Waals surface area contributed by atoms with Gasteiger partial charge < -0.3 is 43.2 Å². The van der Waals surface area contributed by atoms with Gasteiger partial charge in [-0.15, -0.1) is 0 Å². The van der Waals surface area contributed by atoms with Gasteiger partial charge in [0, 0.05) is 48.9 Å². The van der Waals surface area contributed by atoms with Gasteiger partial charge in [-0.25, -0.2) is 0 Å². The minimum atomic E-state index is -0.122. The van der Waals surface area contributed by atoms with Gasteiger partial charge >= 0.3 is 0 Å². The van der Waals surface area contributed by atoms with Crippen LogP contribution in [0.15, 0.2) is 30.3 Å². The number of rotatable bonds is 8. The van der Waals surface area contributed by atoms with Gasteiger partial charge in [-0.2, -0.15) is 0 Å². The molecule has 6 rings (SSSR count). The van der Waals surface area contributed by atoms with E-state index in [4.69, 9.17) is 37.9 Å². The zero-order chi connectivity index (χ0) is 27.8. The summed E-state index contributed by atoms with van der Waals surface area (Å²) in [6.45, 7) is 1.75. The molecule has 40 heavy (non-hydrogen) atoms. The number of hydrogen-bond donors (Lipinski definition) is 1. The summed E-state index contributed by atoms with van der Waals surface area (Å²) in [4.78, 5) is 15.2. The molecular weight excluding hydrogens is 520 g/mol. The molecule has 0 radical (unpaired) electrons. The number of amides is 1. The zero-order valence-corrected chi connectivity index (χ0v) is 22.8. The van der Waals surface area contributed by atoms with Crippen LogP contribution in [0, 0.1) is 0 Å². The molecule has 1 N–H and O–H groups in total. The molecule has 0 bridgehead atoms. The third kappa shape index (κ3) is 4.41. The summed E-state index contributed by atoms with van der Waals surface area (Å²) in [5, 5.41) is 2.95. The quantitative estimate of drug-likeness (QED) is 0.439. The fourth-order valence-corrected chi connectivity index (χ4v) is 5.37. The van der Waals surface area contributed by atoms with E-state index in [9.17, 15) is 4.79 Å². The van der Waals surface area contributed by atoms with Crippen molar-refractivity contribution in [2.24, 2.45) is 0 Å². The molecule has 11 heteroatoms. The zero-order valence-electron chi connectivity index (χ0n) is 22.8. The molecule has 0 unspecified atom stereocenters. The highest BCUT2D eigenvalue weighted by Crippen LogP contribution is 2.57. The number of nitrogens with zero attached hydrogens (tertiary/aromatic N) is 1. The first kappa shape index (κ1) is 25.8. The van der Waals surface area contributed by atoms with Gasteiger partial charge in [0.15, 0.2) is 34.5 Å². The van der Waals surface area contributed by atoms with E-state index in [1.54, 1.807) is 46.6 Å².